The van der Waals surface area contributed by atoms with Crippen LogP contribution >= 0.6 is 0 Å². The number of aromatic amines is 1. The van der Waals surface area contributed by atoms with E-state index >= 15 is 0 Å². The minimum Gasteiger partial charge on any atom is -0.330 e. The molecule has 0 bridgehead atoms. The van der Waals surface area contributed by atoms with Crippen LogP contribution < -0.4 is 10.2 Å². The summed E-state index contributed by atoms with van der Waals surface area (Å²) in [6.07, 6.45) is 1.72. The van der Waals surface area contributed by atoms with E-state index in [-0.39, 0.29) is 11.9 Å². The van der Waals surface area contributed by atoms with Crippen LogP contribution in [0, 0.1) is 0 Å². The summed E-state index contributed by atoms with van der Waals surface area (Å²) in [5.41, 5.74) is 3.22. The van der Waals surface area contributed by atoms with E-state index in [2.05, 4.69) is 44.5 Å². The molecule has 1 aliphatic rings. The normalized spacial score (nSPS) is 16.2. The van der Waals surface area contributed by atoms with Crippen LogP contribution in [0.25, 0.3) is 22.4 Å². The smallest absolute Gasteiger partial charge is 0.256 e. The molecule has 0 unspecified atom stereocenters. The molecule has 0 saturated heterocycles. The molecular formula is C23H22N6O. The van der Waals surface area contributed by atoms with Crippen LogP contribution in [-0.4, -0.2) is 31.7 Å². The molecule has 7 heteroatoms. The summed E-state index contributed by atoms with van der Waals surface area (Å²) in [5, 5.41) is 11.4. The number of aromatic nitrogens is 4. The summed E-state index contributed by atoms with van der Waals surface area (Å²) >= 11 is 0. The molecule has 3 aromatic heterocycles. The van der Waals surface area contributed by atoms with Crippen LogP contribution in [0.2, 0.25) is 0 Å². The Balaban J connectivity index is 1.68. The summed E-state index contributed by atoms with van der Waals surface area (Å²) in [4.78, 5) is 24.2. The predicted molar refractivity (Wildman–Crippen MR) is 116 cm³/mol. The number of rotatable bonds is 3. The molecule has 0 radical (unpaired) electrons. The average Bonchev–Trinajstić information content (AvgIpc) is 3.17. The van der Waals surface area contributed by atoms with Crippen molar-refractivity contribution in [2.75, 3.05) is 4.90 Å². The Morgan fingerprint density at radius 3 is 2.63 bits per heavy atom. The molecule has 0 aliphatic carbocycles. The second-order valence-corrected chi connectivity index (χ2v) is 8.01. The highest BCUT2D eigenvalue weighted by molar-refractivity contribution is 6.02. The third-order valence-electron chi connectivity index (χ3n) is 5.62. The van der Waals surface area contributed by atoms with E-state index in [1.165, 1.54) is 0 Å². The summed E-state index contributed by atoms with van der Waals surface area (Å²) < 4.78 is 0. The number of carbonyl (C=O) groups is 1. The van der Waals surface area contributed by atoms with Crippen molar-refractivity contribution in [2.45, 2.75) is 32.5 Å². The van der Waals surface area contributed by atoms with E-state index in [4.69, 9.17) is 4.98 Å². The van der Waals surface area contributed by atoms with E-state index in [1.54, 1.807) is 6.20 Å². The van der Waals surface area contributed by atoms with Crippen molar-refractivity contribution in [2.24, 2.45) is 0 Å². The molecule has 0 spiro atoms. The Hall–Kier alpha value is -3.74. The predicted octanol–water partition coefficient (Wildman–Crippen LogP) is 4.07. The molecule has 5 rings (SSSR count). The highest BCUT2D eigenvalue weighted by atomic mass is 16.2. The molecule has 1 aromatic carbocycles. The van der Waals surface area contributed by atoms with Crippen molar-refractivity contribution in [3.05, 3.63) is 71.9 Å². The van der Waals surface area contributed by atoms with Gasteiger partial charge in [0.2, 0.25) is 0 Å². The molecule has 7 nitrogen and oxygen atoms in total. The van der Waals surface area contributed by atoms with Gasteiger partial charge in [-0.25, -0.2) is 9.97 Å². The van der Waals surface area contributed by atoms with E-state index in [0.29, 0.717) is 22.7 Å². The van der Waals surface area contributed by atoms with Gasteiger partial charge in [-0.3, -0.25) is 9.89 Å². The fraction of sp³-hybridized carbons (Fsp3) is 0.217. The number of pyridine rings is 2. The van der Waals surface area contributed by atoms with Gasteiger partial charge in [-0.15, -0.1) is 0 Å². The van der Waals surface area contributed by atoms with Crippen LogP contribution in [0.3, 0.4) is 0 Å². The second-order valence-electron chi connectivity index (χ2n) is 8.01. The maximum Gasteiger partial charge on any atom is 0.256 e. The minimum atomic E-state index is -0.611. The number of carbonyl (C=O) groups excluding carboxylic acids is 1. The van der Waals surface area contributed by atoms with Gasteiger partial charge in [0.15, 0.2) is 5.65 Å². The van der Waals surface area contributed by atoms with Gasteiger partial charge >= 0.3 is 0 Å². The molecule has 150 valence electrons. The number of fused-ring (bicyclic) bond motifs is 2. The first-order valence-electron chi connectivity index (χ1n) is 9.93. The quantitative estimate of drug-likeness (QED) is 0.543. The lowest BCUT2D eigenvalue weighted by Gasteiger charge is -2.47. The maximum atomic E-state index is 12.8. The van der Waals surface area contributed by atoms with Crippen molar-refractivity contribution in [1.82, 2.24) is 25.5 Å². The highest BCUT2D eigenvalue weighted by Crippen LogP contribution is 2.38. The number of hydrogen-bond acceptors (Lipinski definition) is 5. The maximum absolute atomic E-state index is 12.8. The Labute approximate surface area is 174 Å². The molecule has 2 N–H and O–H groups in total. The van der Waals surface area contributed by atoms with Crippen LogP contribution in [0.5, 0.6) is 0 Å². The molecular weight excluding hydrogens is 376 g/mol. The number of amides is 1. The molecule has 4 aromatic rings. The Morgan fingerprint density at radius 2 is 1.83 bits per heavy atom. The summed E-state index contributed by atoms with van der Waals surface area (Å²) in [6, 6.07) is 17.7. The Morgan fingerprint density at radius 1 is 1.03 bits per heavy atom. The summed E-state index contributed by atoms with van der Waals surface area (Å²) in [7, 11) is 0. The van der Waals surface area contributed by atoms with E-state index in [0.717, 1.165) is 16.6 Å². The zero-order valence-corrected chi connectivity index (χ0v) is 17.0. The monoisotopic (exact) mass is 398 g/mol. The van der Waals surface area contributed by atoms with Gasteiger partial charge in [0, 0.05) is 11.6 Å². The molecule has 0 fully saturated rings. The number of hydrogen-bond donors (Lipinski definition) is 2. The number of anilines is 1. The van der Waals surface area contributed by atoms with Gasteiger partial charge in [0.05, 0.1) is 17.3 Å². The van der Waals surface area contributed by atoms with Crippen LogP contribution in [0.15, 0.2) is 60.8 Å². The number of nitrogens with zero attached hydrogens (tertiary/aromatic N) is 4. The Bertz CT molecular complexity index is 1250. The fourth-order valence-electron chi connectivity index (χ4n) is 4.21. The fourth-order valence-corrected chi connectivity index (χ4v) is 4.21. The van der Waals surface area contributed by atoms with Gasteiger partial charge < -0.3 is 10.2 Å². The number of nitrogens with one attached hydrogen (secondary N) is 2. The Kier molecular flexibility index (Phi) is 4.06. The first kappa shape index (κ1) is 18.3. The van der Waals surface area contributed by atoms with Gasteiger partial charge in [0.25, 0.3) is 5.91 Å². The molecule has 30 heavy (non-hydrogen) atoms. The number of H-pyrrole nitrogens is 1. The molecule has 1 aliphatic heterocycles. The highest BCUT2D eigenvalue weighted by Gasteiger charge is 2.40. The average molecular weight is 398 g/mol. The third-order valence-corrected chi connectivity index (χ3v) is 5.62. The first-order valence-corrected chi connectivity index (χ1v) is 9.93. The lowest BCUT2D eigenvalue weighted by Crippen LogP contribution is -2.61. The standard InChI is InChI=1S/C23H22N6O/c1-14(15-8-5-4-6-9-15)29-21-17(22(30)26-23(29,2)3)11-12-18(25-21)19-16-10-7-13-24-20(16)28-27-19/h4-14H,1-3H3,(H,26,30)(H,24,27,28)/t14-/m1/s1. The second kappa shape index (κ2) is 6.66. The van der Waals surface area contributed by atoms with E-state index in [9.17, 15) is 4.79 Å². The SMILES string of the molecule is C[C@H](c1ccccc1)N1c2nc(-c3n[nH]c4ncccc34)ccc2C(=O)NC1(C)C. The van der Waals surface area contributed by atoms with Crippen molar-refractivity contribution in [3.63, 3.8) is 0 Å². The van der Waals surface area contributed by atoms with Crippen LogP contribution in [0.4, 0.5) is 5.82 Å². The topological polar surface area (TPSA) is 86.8 Å². The third kappa shape index (κ3) is 2.82. The number of benzene rings is 1. The van der Waals surface area contributed by atoms with Gasteiger partial charge in [0.1, 0.15) is 17.2 Å². The van der Waals surface area contributed by atoms with E-state index in [1.807, 2.05) is 56.3 Å². The van der Waals surface area contributed by atoms with Gasteiger partial charge in [-0.1, -0.05) is 30.3 Å². The van der Waals surface area contributed by atoms with Crippen molar-refractivity contribution in [3.8, 4) is 11.4 Å². The molecule has 4 heterocycles. The summed E-state index contributed by atoms with van der Waals surface area (Å²) in [6.45, 7) is 6.12. The van der Waals surface area contributed by atoms with Crippen LogP contribution in [-0.2, 0) is 0 Å². The van der Waals surface area contributed by atoms with Crippen molar-refractivity contribution in [1.29, 1.82) is 0 Å². The minimum absolute atomic E-state index is 0.000828. The van der Waals surface area contributed by atoms with Crippen molar-refractivity contribution >= 4 is 22.8 Å². The van der Waals surface area contributed by atoms with Crippen LogP contribution in [0.1, 0.15) is 42.7 Å². The lowest BCUT2D eigenvalue weighted by molar-refractivity contribution is 0.0892. The van der Waals surface area contributed by atoms with Crippen molar-refractivity contribution < 1.29 is 4.79 Å². The van der Waals surface area contributed by atoms with E-state index < -0.39 is 5.66 Å². The van der Waals surface area contributed by atoms with Gasteiger partial charge in [-0.05, 0) is 50.6 Å². The first-order chi connectivity index (χ1) is 14.5. The molecule has 1 atom stereocenters. The molecule has 1 amide bonds. The van der Waals surface area contributed by atoms with Gasteiger partial charge in [-0.2, -0.15) is 5.10 Å². The molecule has 0 saturated carbocycles. The summed E-state index contributed by atoms with van der Waals surface area (Å²) in [5.74, 6) is 0.525. The zero-order valence-electron chi connectivity index (χ0n) is 17.0. The zero-order chi connectivity index (χ0) is 20.9. The lowest BCUT2D eigenvalue weighted by atomic mass is 9.98. The largest absolute Gasteiger partial charge is 0.330 e.